The molecule has 0 bridgehead atoms. The Morgan fingerprint density at radius 3 is 2.36 bits per heavy atom. The van der Waals surface area contributed by atoms with Crippen molar-refractivity contribution in [3.63, 3.8) is 0 Å². The van der Waals surface area contributed by atoms with Crippen LogP contribution in [0.3, 0.4) is 0 Å². The molecule has 4 nitrogen and oxygen atoms in total. The van der Waals surface area contributed by atoms with E-state index < -0.39 is 0 Å². The highest BCUT2D eigenvalue weighted by molar-refractivity contribution is 4.71. The molecule has 0 aliphatic carbocycles. The standard InChI is InChI=1S/C7H15N3O/c1-6-3-7(2)5-10(4-6)8-9-11/h6-7H,3-5H2,1-2H3,(H,8,11). The van der Waals surface area contributed by atoms with E-state index in [2.05, 4.69) is 24.7 Å². The summed E-state index contributed by atoms with van der Waals surface area (Å²) in [5, 5.41) is 4.53. The maximum atomic E-state index is 9.88. The minimum Gasteiger partial charge on any atom is -0.204 e. The molecule has 0 spiro atoms. The van der Waals surface area contributed by atoms with Crippen molar-refractivity contribution < 1.29 is 0 Å². The maximum absolute atomic E-state index is 9.88. The van der Waals surface area contributed by atoms with Crippen LogP contribution < -0.4 is 5.53 Å². The number of piperidine rings is 1. The van der Waals surface area contributed by atoms with E-state index in [1.807, 2.05) is 5.01 Å². The van der Waals surface area contributed by atoms with Gasteiger partial charge in [0.25, 0.3) is 0 Å². The van der Waals surface area contributed by atoms with Crippen LogP contribution in [0.4, 0.5) is 0 Å². The third-order valence-electron chi connectivity index (χ3n) is 2.05. The first-order chi connectivity index (χ1) is 5.22. The molecule has 0 saturated carbocycles. The highest BCUT2D eigenvalue weighted by Crippen LogP contribution is 2.19. The lowest BCUT2D eigenvalue weighted by Crippen LogP contribution is -2.44. The molecule has 1 N–H and O–H groups in total. The van der Waals surface area contributed by atoms with Crippen molar-refractivity contribution in [1.82, 2.24) is 10.5 Å². The van der Waals surface area contributed by atoms with Crippen molar-refractivity contribution in [3.05, 3.63) is 4.91 Å². The average molecular weight is 157 g/mol. The largest absolute Gasteiger partial charge is 0.204 e. The van der Waals surface area contributed by atoms with Gasteiger partial charge in [-0.2, -0.15) is 0 Å². The summed E-state index contributed by atoms with van der Waals surface area (Å²) in [4.78, 5) is 9.88. The van der Waals surface area contributed by atoms with E-state index in [0.717, 1.165) is 13.1 Å². The number of nitroso groups, excluding NO2 is 1. The predicted octanol–water partition coefficient (Wildman–Crippen LogP) is 1.15. The zero-order chi connectivity index (χ0) is 8.27. The average Bonchev–Trinajstić information content (AvgIpc) is 1.85. The Labute approximate surface area is 66.9 Å². The first-order valence-electron chi connectivity index (χ1n) is 4.05. The van der Waals surface area contributed by atoms with Gasteiger partial charge in [0.2, 0.25) is 0 Å². The third kappa shape index (κ3) is 2.46. The molecular formula is C7H15N3O. The molecule has 1 rings (SSSR count). The lowest BCUT2D eigenvalue weighted by atomic mass is 9.93. The van der Waals surface area contributed by atoms with Gasteiger partial charge in [-0.25, -0.2) is 10.5 Å². The van der Waals surface area contributed by atoms with E-state index >= 15 is 0 Å². The van der Waals surface area contributed by atoms with Gasteiger partial charge >= 0.3 is 0 Å². The molecule has 1 heterocycles. The van der Waals surface area contributed by atoms with Crippen LogP contribution in [-0.4, -0.2) is 18.1 Å². The molecule has 4 heteroatoms. The van der Waals surface area contributed by atoms with E-state index in [-0.39, 0.29) is 0 Å². The molecule has 1 aliphatic heterocycles. The molecular weight excluding hydrogens is 142 g/mol. The monoisotopic (exact) mass is 157 g/mol. The Hall–Kier alpha value is -0.640. The maximum Gasteiger partial charge on any atom is 0.0658 e. The lowest BCUT2D eigenvalue weighted by molar-refractivity contribution is 0.0889. The molecule has 0 aromatic carbocycles. The van der Waals surface area contributed by atoms with E-state index in [1.54, 1.807) is 0 Å². The van der Waals surface area contributed by atoms with Crippen molar-refractivity contribution in [2.24, 2.45) is 17.1 Å². The Morgan fingerprint density at radius 2 is 1.91 bits per heavy atom. The molecule has 0 aromatic rings. The smallest absolute Gasteiger partial charge is 0.0658 e. The first kappa shape index (κ1) is 8.46. The van der Waals surface area contributed by atoms with Gasteiger partial charge in [-0.1, -0.05) is 13.8 Å². The topological polar surface area (TPSA) is 44.7 Å². The zero-order valence-electron chi connectivity index (χ0n) is 7.08. The van der Waals surface area contributed by atoms with Gasteiger partial charge in [0.05, 0.1) is 5.29 Å². The number of hydrazine groups is 1. The van der Waals surface area contributed by atoms with E-state index in [0.29, 0.717) is 11.8 Å². The number of hydrogen-bond acceptors (Lipinski definition) is 3. The number of nitrogens with zero attached hydrogens (tertiary/aromatic N) is 2. The van der Waals surface area contributed by atoms with Gasteiger partial charge in [-0.05, 0) is 18.3 Å². The lowest BCUT2D eigenvalue weighted by Gasteiger charge is -2.32. The van der Waals surface area contributed by atoms with Crippen LogP contribution in [0.5, 0.6) is 0 Å². The number of rotatable bonds is 2. The Morgan fingerprint density at radius 1 is 1.36 bits per heavy atom. The fraction of sp³-hybridized carbons (Fsp3) is 1.00. The summed E-state index contributed by atoms with van der Waals surface area (Å²) in [6, 6.07) is 0. The third-order valence-corrected chi connectivity index (χ3v) is 2.05. The summed E-state index contributed by atoms with van der Waals surface area (Å²) in [6.07, 6.45) is 1.25. The van der Waals surface area contributed by atoms with Crippen LogP contribution in [0, 0.1) is 16.7 Å². The highest BCUT2D eigenvalue weighted by Gasteiger charge is 2.21. The van der Waals surface area contributed by atoms with E-state index in [1.165, 1.54) is 6.42 Å². The zero-order valence-corrected chi connectivity index (χ0v) is 7.08. The van der Waals surface area contributed by atoms with Gasteiger partial charge in [0.15, 0.2) is 0 Å². The molecule has 64 valence electrons. The van der Waals surface area contributed by atoms with Crippen LogP contribution in [0.25, 0.3) is 0 Å². The summed E-state index contributed by atoms with van der Waals surface area (Å²) in [5.41, 5.74) is 2.45. The summed E-state index contributed by atoms with van der Waals surface area (Å²) in [5.74, 6) is 1.32. The quantitative estimate of drug-likeness (QED) is 0.483. The molecule has 11 heavy (non-hydrogen) atoms. The SMILES string of the molecule is CC1CC(C)CN(NN=O)C1. The Bertz CT molecular complexity index is 130. The van der Waals surface area contributed by atoms with Crippen LogP contribution in [0.1, 0.15) is 20.3 Å². The van der Waals surface area contributed by atoms with Crippen molar-refractivity contribution in [2.75, 3.05) is 13.1 Å². The first-order valence-corrected chi connectivity index (χ1v) is 4.05. The normalized spacial score (nSPS) is 33.3. The second-order valence-corrected chi connectivity index (χ2v) is 3.54. The fourth-order valence-corrected chi connectivity index (χ4v) is 1.80. The van der Waals surface area contributed by atoms with Gasteiger partial charge in [0, 0.05) is 13.1 Å². The Balaban J connectivity index is 2.36. The molecule has 0 radical (unpaired) electrons. The number of hydrogen-bond donors (Lipinski definition) is 1. The predicted molar refractivity (Wildman–Crippen MR) is 43.4 cm³/mol. The second-order valence-electron chi connectivity index (χ2n) is 3.54. The van der Waals surface area contributed by atoms with E-state index in [9.17, 15) is 4.91 Å². The minimum atomic E-state index is 0.660. The molecule has 2 unspecified atom stereocenters. The van der Waals surface area contributed by atoms with Gasteiger partial charge in [-0.15, -0.1) is 4.91 Å². The van der Waals surface area contributed by atoms with Crippen LogP contribution in [-0.2, 0) is 0 Å². The molecule has 2 atom stereocenters. The number of nitrogens with one attached hydrogen (secondary N) is 1. The molecule has 1 saturated heterocycles. The van der Waals surface area contributed by atoms with Crippen molar-refractivity contribution in [1.29, 1.82) is 0 Å². The molecule has 1 aliphatic rings. The van der Waals surface area contributed by atoms with Crippen LogP contribution in [0.15, 0.2) is 5.29 Å². The van der Waals surface area contributed by atoms with Gasteiger partial charge in [0.1, 0.15) is 0 Å². The van der Waals surface area contributed by atoms with Crippen LogP contribution in [0.2, 0.25) is 0 Å². The van der Waals surface area contributed by atoms with Crippen molar-refractivity contribution >= 4 is 0 Å². The van der Waals surface area contributed by atoms with E-state index in [4.69, 9.17) is 0 Å². The summed E-state index contributed by atoms with van der Waals surface area (Å²) >= 11 is 0. The van der Waals surface area contributed by atoms with Crippen LogP contribution >= 0.6 is 0 Å². The fourth-order valence-electron chi connectivity index (χ4n) is 1.80. The van der Waals surface area contributed by atoms with Crippen molar-refractivity contribution in [3.8, 4) is 0 Å². The Kier molecular flexibility index (Phi) is 2.82. The summed E-state index contributed by atoms with van der Waals surface area (Å²) < 4.78 is 0. The van der Waals surface area contributed by atoms with Gasteiger partial charge in [-0.3, -0.25) is 0 Å². The minimum absolute atomic E-state index is 0.660. The van der Waals surface area contributed by atoms with Gasteiger partial charge < -0.3 is 0 Å². The second kappa shape index (κ2) is 3.67. The van der Waals surface area contributed by atoms with Crippen molar-refractivity contribution in [2.45, 2.75) is 20.3 Å². The molecule has 0 amide bonds. The molecule has 0 aromatic heterocycles. The summed E-state index contributed by atoms with van der Waals surface area (Å²) in [6.45, 7) is 6.23. The molecule has 1 fully saturated rings. The summed E-state index contributed by atoms with van der Waals surface area (Å²) in [7, 11) is 0. The highest BCUT2D eigenvalue weighted by atomic mass is 16.3.